The second-order valence-electron chi connectivity index (χ2n) is 7.17. The highest BCUT2D eigenvalue weighted by atomic mass is 32.2. The number of carbonyl (C=O) groups is 2. The van der Waals surface area contributed by atoms with Gasteiger partial charge in [-0.3, -0.25) is 20.4 Å². The topological polar surface area (TPSA) is 105 Å². The summed E-state index contributed by atoms with van der Waals surface area (Å²) in [5.41, 5.74) is 6.21. The Balaban J connectivity index is 1.39. The van der Waals surface area contributed by atoms with Crippen molar-refractivity contribution in [1.29, 1.82) is 0 Å². The molecule has 8 heteroatoms. The van der Waals surface area contributed by atoms with Crippen molar-refractivity contribution in [2.24, 2.45) is 5.92 Å². The minimum Gasteiger partial charge on any atom is -0.464 e. The Labute approximate surface area is 162 Å². The third kappa shape index (κ3) is 3.87. The van der Waals surface area contributed by atoms with E-state index in [2.05, 4.69) is 10.9 Å². The molecule has 1 aliphatic heterocycles. The number of sulfone groups is 1. The van der Waals surface area contributed by atoms with Gasteiger partial charge in [0.05, 0.1) is 24.2 Å². The van der Waals surface area contributed by atoms with Gasteiger partial charge in [0.15, 0.2) is 9.84 Å². The Kier molecular flexibility index (Phi) is 4.80. The zero-order chi connectivity index (χ0) is 19.7. The zero-order valence-corrected chi connectivity index (χ0v) is 15.9. The summed E-state index contributed by atoms with van der Waals surface area (Å²) in [5.74, 6) is -0.798. The van der Waals surface area contributed by atoms with Crippen LogP contribution in [0.15, 0.2) is 47.1 Å². The number of nitrogens with one attached hydrogen (secondary N) is 2. The van der Waals surface area contributed by atoms with Gasteiger partial charge in [0.25, 0.3) is 0 Å². The first-order chi connectivity index (χ1) is 13.4. The van der Waals surface area contributed by atoms with Gasteiger partial charge in [0, 0.05) is 17.4 Å². The molecule has 1 fully saturated rings. The molecule has 2 N–H and O–H groups in total. The first kappa shape index (κ1) is 18.5. The van der Waals surface area contributed by atoms with E-state index in [0.717, 1.165) is 21.7 Å². The number of hydrogen-bond donors (Lipinski definition) is 2. The molecule has 2 amide bonds. The Morgan fingerprint density at radius 2 is 1.86 bits per heavy atom. The van der Waals surface area contributed by atoms with Crippen LogP contribution < -0.4 is 10.9 Å². The van der Waals surface area contributed by atoms with Crippen molar-refractivity contribution >= 4 is 43.4 Å². The van der Waals surface area contributed by atoms with E-state index < -0.39 is 15.7 Å². The lowest BCUT2D eigenvalue weighted by atomic mass is 10.0. The van der Waals surface area contributed by atoms with Gasteiger partial charge in [0.2, 0.25) is 11.8 Å². The lowest BCUT2D eigenvalue weighted by Crippen LogP contribution is -2.43. The third-order valence-corrected chi connectivity index (χ3v) is 6.87. The normalized spacial score (nSPS) is 18.4. The molecule has 7 nitrogen and oxygen atoms in total. The summed E-state index contributed by atoms with van der Waals surface area (Å²) in [6.07, 6.45) is 2.18. The molecule has 0 unspecified atom stereocenters. The van der Waals surface area contributed by atoms with E-state index in [1.54, 1.807) is 6.26 Å². The predicted octanol–water partition coefficient (Wildman–Crippen LogP) is 2.10. The molecule has 1 aromatic heterocycles. The van der Waals surface area contributed by atoms with E-state index in [9.17, 15) is 18.0 Å². The van der Waals surface area contributed by atoms with Crippen LogP contribution >= 0.6 is 0 Å². The predicted molar refractivity (Wildman–Crippen MR) is 105 cm³/mol. The van der Waals surface area contributed by atoms with Gasteiger partial charge in [-0.05, 0) is 29.2 Å². The van der Waals surface area contributed by atoms with Crippen LogP contribution in [0.25, 0.3) is 21.7 Å². The van der Waals surface area contributed by atoms with E-state index in [4.69, 9.17) is 4.42 Å². The molecule has 3 aromatic rings. The van der Waals surface area contributed by atoms with Crippen molar-refractivity contribution in [2.45, 2.75) is 19.3 Å². The molecular weight excluding hydrogens is 380 g/mol. The number of hydrogen-bond acceptors (Lipinski definition) is 5. The highest BCUT2D eigenvalue weighted by Crippen LogP contribution is 2.30. The van der Waals surface area contributed by atoms with Crippen molar-refractivity contribution in [3.05, 3.63) is 48.2 Å². The zero-order valence-electron chi connectivity index (χ0n) is 15.1. The average molecular weight is 400 g/mol. The molecule has 0 aliphatic carbocycles. The minimum absolute atomic E-state index is 0.0302. The SMILES string of the molecule is O=C(Cc1coc2ccc3ccccc3c12)NNC(=O)C[C@@H]1CCS(=O)(=O)C1. The number of amides is 2. The maximum Gasteiger partial charge on any atom is 0.242 e. The van der Waals surface area contributed by atoms with Crippen LogP contribution in [-0.4, -0.2) is 31.7 Å². The minimum atomic E-state index is -3.02. The molecule has 28 heavy (non-hydrogen) atoms. The Bertz CT molecular complexity index is 1170. The standard InChI is InChI=1S/C20H20N2O5S/c23-18(9-13-7-8-28(25,26)12-13)21-22-19(24)10-15-11-27-17-6-5-14-3-1-2-4-16(14)20(15)17/h1-6,11,13H,7-10,12H2,(H,21,23)(H,22,24)/t13-/m0/s1. The number of carbonyl (C=O) groups excluding carboxylic acids is 2. The van der Waals surface area contributed by atoms with Gasteiger partial charge in [-0.25, -0.2) is 8.42 Å². The van der Waals surface area contributed by atoms with Gasteiger partial charge >= 0.3 is 0 Å². The second-order valence-corrected chi connectivity index (χ2v) is 9.40. The van der Waals surface area contributed by atoms with Gasteiger partial charge in [-0.2, -0.15) is 0 Å². The van der Waals surface area contributed by atoms with Crippen molar-refractivity contribution in [1.82, 2.24) is 10.9 Å². The molecule has 0 saturated carbocycles. The largest absolute Gasteiger partial charge is 0.464 e. The first-order valence-electron chi connectivity index (χ1n) is 9.07. The maximum absolute atomic E-state index is 12.3. The number of rotatable bonds is 4. The second kappa shape index (κ2) is 7.27. The number of fused-ring (bicyclic) bond motifs is 3. The fraction of sp³-hybridized carbons (Fsp3) is 0.300. The molecule has 0 bridgehead atoms. The van der Waals surface area contributed by atoms with E-state index in [1.165, 1.54) is 0 Å². The van der Waals surface area contributed by atoms with Crippen molar-refractivity contribution < 1.29 is 22.4 Å². The van der Waals surface area contributed by atoms with E-state index in [0.29, 0.717) is 12.0 Å². The van der Waals surface area contributed by atoms with E-state index in [1.807, 2.05) is 36.4 Å². The molecule has 4 rings (SSSR count). The number of hydrazine groups is 1. The van der Waals surface area contributed by atoms with Crippen LogP contribution in [-0.2, 0) is 25.8 Å². The lowest BCUT2D eigenvalue weighted by Gasteiger charge is -2.10. The molecule has 1 aliphatic rings. The van der Waals surface area contributed by atoms with Crippen LogP contribution in [0.2, 0.25) is 0 Å². The maximum atomic E-state index is 12.3. The fourth-order valence-corrected chi connectivity index (χ4v) is 5.57. The quantitative estimate of drug-likeness (QED) is 0.653. The van der Waals surface area contributed by atoms with Gasteiger partial charge in [-0.1, -0.05) is 30.3 Å². The summed E-state index contributed by atoms with van der Waals surface area (Å²) < 4.78 is 28.5. The molecule has 2 heterocycles. The highest BCUT2D eigenvalue weighted by molar-refractivity contribution is 7.91. The van der Waals surface area contributed by atoms with Crippen LogP contribution in [0.1, 0.15) is 18.4 Å². The monoisotopic (exact) mass is 400 g/mol. The van der Waals surface area contributed by atoms with Gasteiger partial charge < -0.3 is 4.42 Å². The summed E-state index contributed by atoms with van der Waals surface area (Å²) in [5, 5.41) is 2.94. The molecule has 0 spiro atoms. The van der Waals surface area contributed by atoms with E-state index >= 15 is 0 Å². The van der Waals surface area contributed by atoms with Crippen molar-refractivity contribution in [3.8, 4) is 0 Å². The summed E-state index contributed by atoms with van der Waals surface area (Å²) in [7, 11) is -3.02. The molecular formula is C20H20N2O5S. The summed E-state index contributed by atoms with van der Waals surface area (Å²) in [4.78, 5) is 24.2. The van der Waals surface area contributed by atoms with Crippen molar-refractivity contribution in [2.75, 3.05) is 11.5 Å². The molecule has 146 valence electrons. The first-order valence-corrected chi connectivity index (χ1v) is 10.9. The Morgan fingerprint density at radius 3 is 2.64 bits per heavy atom. The Hall–Kier alpha value is -2.87. The van der Waals surface area contributed by atoms with Crippen LogP contribution in [0.4, 0.5) is 0 Å². The lowest BCUT2D eigenvalue weighted by molar-refractivity contribution is -0.129. The van der Waals surface area contributed by atoms with Gasteiger partial charge in [0.1, 0.15) is 5.58 Å². The van der Waals surface area contributed by atoms with Crippen molar-refractivity contribution in [3.63, 3.8) is 0 Å². The fourth-order valence-electron chi connectivity index (χ4n) is 3.71. The molecule has 2 aromatic carbocycles. The number of benzene rings is 2. The van der Waals surface area contributed by atoms with Crippen LogP contribution in [0.5, 0.6) is 0 Å². The van der Waals surface area contributed by atoms with Crippen LogP contribution in [0, 0.1) is 5.92 Å². The number of furan rings is 1. The Morgan fingerprint density at radius 1 is 1.07 bits per heavy atom. The molecule has 1 saturated heterocycles. The summed E-state index contributed by atoms with van der Waals surface area (Å²) >= 11 is 0. The molecule has 1 atom stereocenters. The highest BCUT2D eigenvalue weighted by Gasteiger charge is 2.29. The summed E-state index contributed by atoms with van der Waals surface area (Å²) in [6.45, 7) is 0. The van der Waals surface area contributed by atoms with E-state index in [-0.39, 0.29) is 36.2 Å². The van der Waals surface area contributed by atoms with Crippen LogP contribution in [0.3, 0.4) is 0 Å². The third-order valence-electron chi connectivity index (χ3n) is 5.03. The summed E-state index contributed by atoms with van der Waals surface area (Å²) in [6, 6.07) is 11.7. The average Bonchev–Trinajstić information content (AvgIpc) is 3.23. The smallest absolute Gasteiger partial charge is 0.242 e. The molecule has 0 radical (unpaired) electrons. The van der Waals surface area contributed by atoms with Gasteiger partial charge in [-0.15, -0.1) is 0 Å².